The van der Waals surface area contributed by atoms with Crippen molar-refractivity contribution >= 4 is 23.3 Å². The number of hydrogen-bond donors (Lipinski definition) is 1. The Morgan fingerprint density at radius 2 is 1.93 bits per heavy atom. The molecule has 1 N–H and O–H groups in total. The van der Waals surface area contributed by atoms with Crippen LogP contribution in [0.1, 0.15) is 62.5 Å². The topological polar surface area (TPSA) is 72.7 Å². The van der Waals surface area contributed by atoms with Crippen LogP contribution in [0.25, 0.3) is 22.4 Å². The van der Waals surface area contributed by atoms with Gasteiger partial charge in [0.2, 0.25) is 0 Å². The molecule has 1 atom stereocenters. The molecule has 0 aliphatic heterocycles. The molecular weight excluding hydrogens is 350 g/mol. The fourth-order valence-electron chi connectivity index (χ4n) is 3.54. The molecule has 6 heteroatoms. The van der Waals surface area contributed by atoms with Crippen molar-refractivity contribution in [3.8, 4) is 11.3 Å². The SMILES string of the molecule is CCC[C@@H](C=O)n1cc(C)c2nc(-c3ccc(C(C)C)nc3NC)c(C)nc21. The second-order valence-corrected chi connectivity index (χ2v) is 7.58. The minimum atomic E-state index is -0.208. The van der Waals surface area contributed by atoms with E-state index in [1.165, 1.54) is 0 Å². The van der Waals surface area contributed by atoms with Gasteiger partial charge in [0.1, 0.15) is 17.6 Å². The number of aryl methyl sites for hydroxylation is 2. The second kappa shape index (κ2) is 8.09. The third kappa shape index (κ3) is 3.51. The van der Waals surface area contributed by atoms with E-state index in [1.807, 2.05) is 37.7 Å². The maximum absolute atomic E-state index is 11.6. The molecule has 0 aromatic carbocycles. The molecule has 0 saturated heterocycles. The average Bonchev–Trinajstić information content (AvgIpc) is 3.00. The first-order valence-electron chi connectivity index (χ1n) is 9.91. The number of pyridine rings is 1. The lowest BCUT2D eigenvalue weighted by molar-refractivity contribution is -0.110. The molecule has 0 aliphatic rings. The van der Waals surface area contributed by atoms with E-state index >= 15 is 0 Å². The number of anilines is 1. The minimum Gasteiger partial charge on any atom is -0.373 e. The van der Waals surface area contributed by atoms with Crippen LogP contribution in [0.3, 0.4) is 0 Å². The van der Waals surface area contributed by atoms with Gasteiger partial charge in [-0.2, -0.15) is 0 Å². The molecule has 0 fully saturated rings. The molecule has 0 saturated carbocycles. The lowest BCUT2D eigenvalue weighted by atomic mass is 10.1. The first-order chi connectivity index (χ1) is 13.4. The molecule has 3 rings (SSSR count). The summed E-state index contributed by atoms with van der Waals surface area (Å²) in [7, 11) is 1.87. The second-order valence-electron chi connectivity index (χ2n) is 7.58. The summed E-state index contributed by atoms with van der Waals surface area (Å²) in [6.07, 6.45) is 4.72. The van der Waals surface area contributed by atoms with Crippen LogP contribution in [-0.2, 0) is 4.79 Å². The van der Waals surface area contributed by atoms with Crippen LogP contribution < -0.4 is 5.32 Å². The summed E-state index contributed by atoms with van der Waals surface area (Å²) in [5.74, 6) is 1.16. The van der Waals surface area contributed by atoms with E-state index < -0.39 is 0 Å². The third-order valence-corrected chi connectivity index (χ3v) is 5.10. The van der Waals surface area contributed by atoms with Gasteiger partial charge in [-0.25, -0.2) is 15.0 Å². The Morgan fingerprint density at radius 1 is 1.18 bits per heavy atom. The zero-order chi connectivity index (χ0) is 20.4. The summed E-state index contributed by atoms with van der Waals surface area (Å²) in [5.41, 5.74) is 6.23. The van der Waals surface area contributed by atoms with Gasteiger partial charge in [-0.3, -0.25) is 0 Å². The van der Waals surface area contributed by atoms with Gasteiger partial charge >= 0.3 is 0 Å². The summed E-state index contributed by atoms with van der Waals surface area (Å²) in [6, 6.07) is 3.91. The first kappa shape index (κ1) is 20.0. The molecule has 0 aliphatic carbocycles. The Labute approximate surface area is 166 Å². The number of carbonyl (C=O) groups is 1. The normalized spacial score (nSPS) is 12.5. The number of nitrogens with one attached hydrogen (secondary N) is 1. The predicted molar refractivity (Wildman–Crippen MR) is 114 cm³/mol. The van der Waals surface area contributed by atoms with Crippen LogP contribution >= 0.6 is 0 Å². The van der Waals surface area contributed by atoms with Gasteiger partial charge in [0.05, 0.1) is 17.4 Å². The van der Waals surface area contributed by atoms with E-state index in [-0.39, 0.29) is 6.04 Å². The number of nitrogens with zero attached hydrogens (tertiary/aromatic N) is 4. The highest BCUT2D eigenvalue weighted by molar-refractivity contribution is 5.83. The van der Waals surface area contributed by atoms with Crippen molar-refractivity contribution < 1.29 is 4.79 Å². The van der Waals surface area contributed by atoms with Gasteiger partial charge in [0.15, 0.2) is 5.65 Å². The maximum atomic E-state index is 11.6. The molecule has 0 unspecified atom stereocenters. The van der Waals surface area contributed by atoms with Crippen molar-refractivity contribution in [1.82, 2.24) is 19.5 Å². The van der Waals surface area contributed by atoms with E-state index in [1.54, 1.807) is 0 Å². The van der Waals surface area contributed by atoms with E-state index in [0.717, 1.165) is 64.3 Å². The fourth-order valence-corrected chi connectivity index (χ4v) is 3.54. The summed E-state index contributed by atoms with van der Waals surface area (Å²) in [6.45, 7) is 10.3. The smallest absolute Gasteiger partial charge is 0.159 e. The summed E-state index contributed by atoms with van der Waals surface area (Å²) in [5, 5.41) is 3.20. The molecule has 3 aromatic heterocycles. The lowest BCUT2D eigenvalue weighted by Crippen LogP contribution is -2.10. The molecule has 6 nitrogen and oxygen atoms in total. The van der Waals surface area contributed by atoms with E-state index in [2.05, 4.69) is 32.2 Å². The van der Waals surface area contributed by atoms with Crippen LogP contribution in [0.5, 0.6) is 0 Å². The quantitative estimate of drug-likeness (QED) is 0.596. The average molecular weight is 380 g/mol. The van der Waals surface area contributed by atoms with Crippen LogP contribution in [0.2, 0.25) is 0 Å². The number of hydrogen-bond acceptors (Lipinski definition) is 5. The maximum Gasteiger partial charge on any atom is 0.159 e. The zero-order valence-electron chi connectivity index (χ0n) is 17.6. The molecule has 3 heterocycles. The van der Waals surface area contributed by atoms with Crippen molar-refractivity contribution in [3.05, 3.63) is 35.3 Å². The van der Waals surface area contributed by atoms with Crippen molar-refractivity contribution in [1.29, 1.82) is 0 Å². The minimum absolute atomic E-state index is 0.208. The number of carbonyl (C=O) groups excluding carboxylic acids is 1. The van der Waals surface area contributed by atoms with Gasteiger partial charge in [0.25, 0.3) is 0 Å². The van der Waals surface area contributed by atoms with Crippen molar-refractivity contribution in [2.45, 2.75) is 59.4 Å². The van der Waals surface area contributed by atoms with Gasteiger partial charge < -0.3 is 14.7 Å². The highest BCUT2D eigenvalue weighted by Crippen LogP contribution is 2.32. The van der Waals surface area contributed by atoms with Gasteiger partial charge in [-0.05, 0) is 43.9 Å². The highest BCUT2D eigenvalue weighted by Gasteiger charge is 2.20. The van der Waals surface area contributed by atoms with Crippen molar-refractivity contribution in [2.24, 2.45) is 0 Å². The number of fused-ring (bicyclic) bond motifs is 1. The Balaban J connectivity index is 2.18. The van der Waals surface area contributed by atoms with E-state index in [4.69, 9.17) is 15.0 Å². The summed E-state index contributed by atoms with van der Waals surface area (Å²) in [4.78, 5) is 26.1. The largest absolute Gasteiger partial charge is 0.373 e. The number of aromatic nitrogens is 4. The van der Waals surface area contributed by atoms with Crippen molar-refractivity contribution in [2.75, 3.05) is 12.4 Å². The third-order valence-electron chi connectivity index (χ3n) is 5.10. The fraction of sp³-hybridized carbons (Fsp3) is 0.455. The number of rotatable bonds is 7. The molecule has 0 spiro atoms. The molecule has 0 amide bonds. The summed E-state index contributed by atoms with van der Waals surface area (Å²) >= 11 is 0. The molecule has 148 valence electrons. The van der Waals surface area contributed by atoms with Crippen LogP contribution in [0.15, 0.2) is 18.3 Å². The molecule has 3 aromatic rings. The summed E-state index contributed by atoms with van der Waals surface area (Å²) < 4.78 is 1.96. The molecular formula is C22H29N5O. The molecule has 0 bridgehead atoms. The van der Waals surface area contributed by atoms with E-state index in [0.29, 0.717) is 5.92 Å². The van der Waals surface area contributed by atoms with Crippen LogP contribution in [0, 0.1) is 13.8 Å². The van der Waals surface area contributed by atoms with Crippen LogP contribution in [-0.4, -0.2) is 32.9 Å². The standard InChI is InChI=1S/C22H29N5O/c1-7-8-16(12-28)27-11-14(4)19-22(27)24-15(5)20(26-19)17-9-10-18(13(2)3)25-21(17)23-6/h9-13,16H,7-8H2,1-6H3,(H,23,25)/t16-/m0/s1. The molecule has 0 radical (unpaired) electrons. The van der Waals surface area contributed by atoms with Gasteiger partial charge in [-0.15, -0.1) is 0 Å². The van der Waals surface area contributed by atoms with Gasteiger partial charge in [0, 0.05) is 24.5 Å². The van der Waals surface area contributed by atoms with E-state index in [9.17, 15) is 4.79 Å². The lowest BCUT2D eigenvalue weighted by Gasteiger charge is -2.15. The highest BCUT2D eigenvalue weighted by atomic mass is 16.1. The Kier molecular flexibility index (Phi) is 5.77. The van der Waals surface area contributed by atoms with Gasteiger partial charge in [-0.1, -0.05) is 27.2 Å². The Morgan fingerprint density at radius 3 is 2.54 bits per heavy atom. The Bertz CT molecular complexity index is 1010. The molecule has 28 heavy (non-hydrogen) atoms. The Hall–Kier alpha value is -2.76. The monoisotopic (exact) mass is 379 g/mol. The van der Waals surface area contributed by atoms with Crippen molar-refractivity contribution in [3.63, 3.8) is 0 Å². The number of aldehydes is 1. The predicted octanol–water partition coefficient (Wildman–Crippen LogP) is 4.82. The first-order valence-corrected chi connectivity index (χ1v) is 9.91. The van der Waals surface area contributed by atoms with Crippen LogP contribution in [0.4, 0.5) is 5.82 Å². The zero-order valence-corrected chi connectivity index (χ0v) is 17.6.